The van der Waals surface area contributed by atoms with Gasteiger partial charge in [-0.25, -0.2) is 13.4 Å². The molecule has 0 bridgehead atoms. The number of H-pyrrole nitrogens is 1. The summed E-state index contributed by atoms with van der Waals surface area (Å²) in [4.78, 5) is 7.86. The molecule has 7 heteroatoms. The molecule has 6 rings (SSSR count). The minimum atomic E-state index is -3.85. The van der Waals surface area contributed by atoms with Gasteiger partial charge < -0.3 is 10.1 Å². The zero-order valence-corrected chi connectivity index (χ0v) is 18.7. The van der Waals surface area contributed by atoms with E-state index in [1.165, 1.54) is 0 Å². The van der Waals surface area contributed by atoms with E-state index < -0.39 is 10.0 Å². The van der Waals surface area contributed by atoms with Crippen LogP contribution >= 0.6 is 0 Å². The predicted molar refractivity (Wildman–Crippen MR) is 135 cm³/mol. The molecular formula is C27H19N3O3S. The number of sulfonamides is 1. The lowest BCUT2D eigenvalue weighted by molar-refractivity contribution is 0.460. The molecule has 0 unspecified atom stereocenters. The SMILES string of the molecule is O=S(=O)(Nc1ccc2[nH]c(O)c(-c3ccc4ccccc4n3)c2c1)c1cccc2ccccc12. The molecule has 0 aliphatic heterocycles. The molecule has 0 saturated heterocycles. The lowest BCUT2D eigenvalue weighted by atomic mass is 10.1. The molecule has 0 radical (unpaired) electrons. The zero-order chi connectivity index (χ0) is 23.3. The van der Waals surface area contributed by atoms with Crippen molar-refractivity contribution < 1.29 is 13.5 Å². The first-order valence-electron chi connectivity index (χ1n) is 10.7. The molecule has 4 aromatic carbocycles. The third-order valence-electron chi connectivity index (χ3n) is 5.92. The zero-order valence-electron chi connectivity index (χ0n) is 17.9. The van der Waals surface area contributed by atoms with Gasteiger partial charge in [0.15, 0.2) is 5.88 Å². The minimum absolute atomic E-state index is 0.0214. The Bertz CT molecular complexity index is 1820. The number of hydrogen-bond donors (Lipinski definition) is 3. The van der Waals surface area contributed by atoms with Gasteiger partial charge in [0.1, 0.15) is 0 Å². The van der Waals surface area contributed by atoms with Crippen LogP contribution < -0.4 is 4.72 Å². The van der Waals surface area contributed by atoms with E-state index in [0.717, 1.165) is 16.3 Å². The monoisotopic (exact) mass is 465 g/mol. The Labute approximate surface area is 195 Å². The first kappa shape index (κ1) is 20.3. The Hall–Kier alpha value is -4.36. The Morgan fingerprint density at radius 3 is 2.41 bits per heavy atom. The van der Waals surface area contributed by atoms with Crippen LogP contribution in [-0.4, -0.2) is 23.5 Å². The molecule has 0 aliphatic carbocycles. The number of fused-ring (bicyclic) bond motifs is 3. The highest BCUT2D eigenvalue weighted by molar-refractivity contribution is 7.93. The average molecular weight is 466 g/mol. The first-order chi connectivity index (χ1) is 16.5. The normalized spacial score (nSPS) is 11.9. The number of aromatic hydroxyl groups is 1. The fraction of sp³-hybridized carbons (Fsp3) is 0. The molecule has 0 atom stereocenters. The number of anilines is 1. The van der Waals surface area contributed by atoms with Crippen LogP contribution in [-0.2, 0) is 10.0 Å². The van der Waals surface area contributed by atoms with Crippen LogP contribution in [0.5, 0.6) is 5.88 Å². The van der Waals surface area contributed by atoms with Gasteiger partial charge in [-0.05, 0) is 41.8 Å². The van der Waals surface area contributed by atoms with Crippen molar-refractivity contribution in [1.82, 2.24) is 9.97 Å². The lowest BCUT2D eigenvalue weighted by Gasteiger charge is -2.11. The van der Waals surface area contributed by atoms with Gasteiger partial charge in [0.05, 0.1) is 21.7 Å². The summed E-state index contributed by atoms with van der Waals surface area (Å²) in [7, 11) is -3.85. The first-order valence-corrected chi connectivity index (χ1v) is 12.2. The van der Waals surface area contributed by atoms with Crippen LogP contribution in [0.25, 0.3) is 43.8 Å². The van der Waals surface area contributed by atoms with E-state index in [-0.39, 0.29) is 10.8 Å². The second-order valence-corrected chi connectivity index (χ2v) is 9.73. The number of aromatic nitrogens is 2. The van der Waals surface area contributed by atoms with Crippen molar-refractivity contribution >= 4 is 48.3 Å². The molecule has 6 nitrogen and oxygen atoms in total. The molecule has 2 aromatic heterocycles. The highest BCUT2D eigenvalue weighted by atomic mass is 32.2. The second kappa shape index (κ2) is 7.60. The minimum Gasteiger partial charge on any atom is -0.494 e. The molecule has 0 aliphatic rings. The van der Waals surface area contributed by atoms with Gasteiger partial charge in [-0.3, -0.25) is 4.72 Å². The van der Waals surface area contributed by atoms with E-state index in [0.29, 0.717) is 33.2 Å². The van der Waals surface area contributed by atoms with E-state index in [2.05, 4.69) is 9.71 Å². The van der Waals surface area contributed by atoms with Crippen molar-refractivity contribution in [2.75, 3.05) is 4.72 Å². The predicted octanol–water partition coefficient (Wildman–Crippen LogP) is 6.04. The molecule has 0 amide bonds. The molecule has 0 saturated carbocycles. The Morgan fingerprint density at radius 1 is 0.765 bits per heavy atom. The number of nitrogens with one attached hydrogen (secondary N) is 2. The van der Waals surface area contributed by atoms with Gasteiger partial charge >= 0.3 is 0 Å². The van der Waals surface area contributed by atoms with Crippen molar-refractivity contribution in [3.63, 3.8) is 0 Å². The van der Waals surface area contributed by atoms with Crippen molar-refractivity contribution in [3.05, 3.63) is 97.1 Å². The molecular weight excluding hydrogens is 446 g/mol. The summed E-state index contributed by atoms with van der Waals surface area (Å²) in [6, 6.07) is 29.2. The van der Waals surface area contributed by atoms with Gasteiger partial charge in [0.2, 0.25) is 0 Å². The van der Waals surface area contributed by atoms with Crippen molar-refractivity contribution in [2.45, 2.75) is 4.90 Å². The molecule has 0 spiro atoms. The smallest absolute Gasteiger partial charge is 0.262 e. The molecule has 6 aromatic rings. The van der Waals surface area contributed by atoms with Crippen LogP contribution in [0.1, 0.15) is 0 Å². The van der Waals surface area contributed by atoms with Gasteiger partial charge in [0.25, 0.3) is 10.0 Å². The standard InChI is InChI=1S/C27H19N3O3S/c31-27-26(24-14-12-18-7-2-4-10-22(18)28-24)21-16-19(13-15-23(21)29-27)30-34(32,33)25-11-5-8-17-6-1-3-9-20(17)25/h1-16,29-31H. The summed E-state index contributed by atoms with van der Waals surface area (Å²) >= 11 is 0. The fourth-order valence-electron chi connectivity index (χ4n) is 4.35. The number of para-hydroxylation sites is 1. The third kappa shape index (κ3) is 3.34. The molecule has 2 heterocycles. The van der Waals surface area contributed by atoms with Crippen LogP contribution in [0.4, 0.5) is 5.69 Å². The summed E-state index contributed by atoms with van der Waals surface area (Å²) in [5.74, 6) is -0.0214. The van der Waals surface area contributed by atoms with Crippen molar-refractivity contribution in [2.24, 2.45) is 0 Å². The summed E-state index contributed by atoms with van der Waals surface area (Å²) in [5.41, 5.74) is 2.99. The molecule has 166 valence electrons. The van der Waals surface area contributed by atoms with Gasteiger partial charge in [-0.15, -0.1) is 0 Å². The maximum atomic E-state index is 13.3. The summed E-state index contributed by atoms with van der Waals surface area (Å²) in [5, 5.41) is 13.8. The Balaban J connectivity index is 1.45. The quantitative estimate of drug-likeness (QED) is 0.296. The van der Waals surface area contributed by atoms with E-state index in [4.69, 9.17) is 4.98 Å². The van der Waals surface area contributed by atoms with Gasteiger partial charge in [-0.2, -0.15) is 0 Å². The lowest BCUT2D eigenvalue weighted by Crippen LogP contribution is -2.13. The topological polar surface area (TPSA) is 95.1 Å². The summed E-state index contributed by atoms with van der Waals surface area (Å²) < 4.78 is 29.2. The Morgan fingerprint density at radius 2 is 1.53 bits per heavy atom. The van der Waals surface area contributed by atoms with E-state index >= 15 is 0 Å². The molecule has 0 fully saturated rings. The van der Waals surface area contributed by atoms with Crippen molar-refractivity contribution in [1.29, 1.82) is 0 Å². The van der Waals surface area contributed by atoms with E-state index in [1.54, 1.807) is 36.4 Å². The number of pyridine rings is 1. The maximum absolute atomic E-state index is 13.3. The Kier molecular flexibility index (Phi) is 4.53. The van der Waals surface area contributed by atoms with Crippen molar-refractivity contribution in [3.8, 4) is 17.1 Å². The van der Waals surface area contributed by atoms with Crippen LogP contribution in [0.3, 0.4) is 0 Å². The fourth-order valence-corrected chi connectivity index (χ4v) is 5.63. The second-order valence-electron chi connectivity index (χ2n) is 8.08. The average Bonchev–Trinajstić information content (AvgIpc) is 3.18. The van der Waals surface area contributed by atoms with E-state index in [1.807, 2.05) is 60.7 Å². The number of aromatic amines is 1. The van der Waals surface area contributed by atoms with E-state index in [9.17, 15) is 13.5 Å². The van der Waals surface area contributed by atoms with Crippen LogP contribution in [0, 0.1) is 0 Å². The van der Waals surface area contributed by atoms with Gasteiger partial charge in [0, 0.05) is 27.4 Å². The summed E-state index contributed by atoms with van der Waals surface area (Å²) in [6.45, 7) is 0. The summed E-state index contributed by atoms with van der Waals surface area (Å²) in [6.07, 6.45) is 0. The van der Waals surface area contributed by atoms with Crippen LogP contribution in [0.15, 0.2) is 102 Å². The number of nitrogens with zero attached hydrogens (tertiary/aromatic N) is 1. The highest BCUT2D eigenvalue weighted by Gasteiger charge is 2.19. The maximum Gasteiger partial charge on any atom is 0.262 e. The molecule has 3 N–H and O–H groups in total. The third-order valence-corrected chi connectivity index (χ3v) is 7.36. The number of benzene rings is 4. The van der Waals surface area contributed by atoms with Crippen LogP contribution in [0.2, 0.25) is 0 Å². The highest BCUT2D eigenvalue weighted by Crippen LogP contribution is 2.38. The largest absolute Gasteiger partial charge is 0.494 e. The van der Waals surface area contributed by atoms with Gasteiger partial charge in [-0.1, -0.05) is 60.7 Å². The number of hydrogen-bond acceptors (Lipinski definition) is 4. The molecule has 34 heavy (non-hydrogen) atoms. The number of rotatable bonds is 4.